The maximum atomic E-state index is 14.2. The number of carbonyl (C=O) groups is 6. The molecular weight excluding hydrogens is 807 g/mol. The highest BCUT2D eigenvalue weighted by molar-refractivity contribution is 5.98. The van der Waals surface area contributed by atoms with Crippen LogP contribution in [0.3, 0.4) is 0 Å². The third-order valence-electron chi connectivity index (χ3n) is 11.2. The first kappa shape index (κ1) is 48.6. The highest BCUT2D eigenvalue weighted by atomic mass is 16.6. The van der Waals surface area contributed by atoms with Gasteiger partial charge in [0.25, 0.3) is 0 Å². The molecule has 2 aromatic carbocycles. The minimum Gasteiger partial charge on any atom is -0.456 e. The Hall–Kier alpha value is -5.45. The average molecular weight is 872 g/mol. The van der Waals surface area contributed by atoms with Crippen LogP contribution in [0.1, 0.15) is 76.5 Å². The summed E-state index contributed by atoms with van der Waals surface area (Å²) in [5, 5.41) is 15.5. The molecule has 16 nitrogen and oxygen atoms in total. The number of amides is 4. The van der Waals surface area contributed by atoms with Gasteiger partial charge in [-0.15, -0.1) is 0 Å². The molecule has 5 rings (SSSR count). The van der Waals surface area contributed by atoms with Crippen LogP contribution in [0, 0.1) is 11.8 Å². The number of ether oxygens (including phenoxy) is 2. The minimum absolute atomic E-state index is 0.0421. The number of hydrogen-bond acceptors (Lipinski definition) is 12. The van der Waals surface area contributed by atoms with Crippen molar-refractivity contribution in [2.24, 2.45) is 11.8 Å². The zero-order valence-electron chi connectivity index (χ0n) is 37.5. The smallest absolute Gasteiger partial charge is 0.320 e. The van der Waals surface area contributed by atoms with Crippen LogP contribution in [0.15, 0.2) is 71.3 Å². The number of aromatic nitrogens is 1. The predicted octanol–water partition coefficient (Wildman–Crippen LogP) is 2.77. The molecule has 0 bridgehead atoms. The van der Waals surface area contributed by atoms with Gasteiger partial charge >= 0.3 is 5.97 Å². The van der Waals surface area contributed by atoms with E-state index < -0.39 is 53.4 Å². The molecule has 0 spiro atoms. The van der Waals surface area contributed by atoms with E-state index in [2.05, 4.69) is 31.3 Å². The monoisotopic (exact) mass is 871 g/mol. The molecule has 5 atom stereocenters. The van der Waals surface area contributed by atoms with Crippen LogP contribution in [0.4, 0.5) is 0 Å². The zero-order chi connectivity index (χ0) is 45.5. The highest BCUT2D eigenvalue weighted by Crippen LogP contribution is 2.30. The van der Waals surface area contributed by atoms with E-state index in [1.54, 1.807) is 6.92 Å². The van der Waals surface area contributed by atoms with Crippen molar-refractivity contribution < 1.29 is 42.8 Å². The highest BCUT2D eigenvalue weighted by Gasteiger charge is 2.50. The summed E-state index contributed by atoms with van der Waals surface area (Å²) in [5.74, 6) is -2.47. The summed E-state index contributed by atoms with van der Waals surface area (Å²) in [6, 6.07) is 16.3. The third kappa shape index (κ3) is 16.0. The number of nitrogens with zero attached hydrogens (tertiary/aromatic N) is 3. The molecule has 0 radical (unpaired) electrons. The molecule has 2 unspecified atom stereocenters. The number of rotatable bonds is 24. The molecule has 0 aliphatic carbocycles. The lowest BCUT2D eigenvalue weighted by Gasteiger charge is -2.31. The number of hydrogen-bond donors (Lipinski definition) is 4. The third-order valence-corrected chi connectivity index (χ3v) is 11.2. The Labute approximate surface area is 370 Å². The largest absolute Gasteiger partial charge is 0.456 e. The second-order valence-corrected chi connectivity index (χ2v) is 17.9. The number of benzene rings is 2. The fourth-order valence-electron chi connectivity index (χ4n) is 7.43. The van der Waals surface area contributed by atoms with Crippen molar-refractivity contribution in [1.82, 2.24) is 36.2 Å². The Morgan fingerprint density at radius 2 is 1.30 bits per heavy atom. The normalized spacial score (nSPS) is 18.5. The van der Waals surface area contributed by atoms with Crippen molar-refractivity contribution >= 4 is 35.4 Å². The van der Waals surface area contributed by atoms with Crippen LogP contribution < -0.4 is 21.3 Å². The number of carbonyl (C=O) groups excluding carboxylic acids is 6. The Balaban J connectivity index is 1.25. The topological polar surface area (TPSA) is 205 Å². The number of ketones is 1. The van der Waals surface area contributed by atoms with Crippen LogP contribution >= 0.6 is 0 Å². The maximum absolute atomic E-state index is 14.2. The van der Waals surface area contributed by atoms with Crippen molar-refractivity contribution in [3.63, 3.8) is 0 Å². The number of likely N-dealkylation sites (N-methyl/N-ethyl adjacent to an activating group) is 1. The van der Waals surface area contributed by atoms with Crippen molar-refractivity contribution in [3.05, 3.63) is 89.3 Å². The molecular formula is C47H65N7O9. The molecule has 2 fully saturated rings. The molecule has 4 amide bonds. The molecule has 16 heteroatoms. The van der Waals surface area contributed by atoms with E-state index >= 15 is 0 Å². The Bertz CT molecular complexity index is 1980. The van der Waals surface area contributed by atoms with E-state index in [0.29, 0.717) is 12.8 Å². The van der Waals surface area contributed by atoms with Gasteiger partial charge in [-0.1, -0.05) is 93.5 Å². The lowest BCUT2D eigenvalue weighted by molar-refractivity contribution is -0.147. The first-order valence-corrected chi connectivity index (χ1v) is 22.0. The van der Waals surface area contributed by atoms with Crippen molar-refractivity contribution in [2.75, 3.05) is 46.4 Å². The van der Waals surface area contributed by atoms with Gasteiger partial charge in [0.05, 0.1) is 31.3 Å². The lowest BCUT2D eigenvalue weighted by Crippen LogP contribution is -2.59. The fourth-order valence-corrected chi connectivity index (χ4v) is 7.43. The average Bonchev–Trinajstić information content (AvgIpc) is 3.85. The summed E-state index contributed by atoms with van der Waals surface area (Å²) in [6.45, 7) is 13.1. The number of esters is 1. The first-order valence-electron chi connectivity index (χ1n) is 22.0. The minimum atomic E-state index is -1.08. The number of epoxide rings is 1. The second kappa shape index (κ2) is 23.3. The summed E-state index contributed by atoms with van der Waals surface area (Å²) in [7, 11) is 2.04. The predicted molar refractivity (Wildman–Crippen MR) is 235 cm³/mol. The molecule has 2 aliphatic heterocycles. The quantitative estimate of drug-likeness (QED) is 0.0759. The summed E-state index contributed by atoms with van der Waals surface area (Å²) < 4.78 is 16.2. The van der Waals surface area contributed by atoms with E-state index in [1.807, 2.05) is 100 Å². The molecule has 4 N–H and O–H groups in total. The van der Waals surface area contributed by atoms with Crippen LogP contribution in [0.2, 0.25) is 0 Å². The summed E-state index contributed by atoms with van der Waals surface area (Å²) >= 11 is 0. The summed E-state index contributed by atoms with van der Waals surface area (Å²) in [6.07, 6.45) is 1.22. The van der Waals surface area contributed by atoms with E-state index in [1.165, 1.54) is 6.07 Å². The maximum Gasteiger partial charge on any atom is 0.320 e. The number of piperazine rings is 1. The first-order chi connectivity index (χ1) is 30.1. The molecule has 3 heterocycles. The van der Waals surface area contributed by atoms with Gasteiger partial charge in [0, 0.05) is 38.7 Å². The zero-order valence-corrected chi connectivity index (χ0v) is 37.5. The number of nitrogens with one attached hydrogen (secondary N) is 4. The standard InChI is InChI=1S/C47H65N7O9/c1-31(2)23-38(43(57)47(5)30-62-47)49-46(60)40(25-34-15-11-8-12-16-34)51-45(59)39(24-32(3)4)50-44(58)37(18-17-33-13-9-7-10-14-33)48-41(55)27-35-26-36(63-52-35)29-61-42(56)28-54-21-19-53(6)20-22-54/h7-16,26,31-32,37-40H,17-25,27-30H2,1-6H3,(H,48,55)(H,49,60)(H,50,58)(H,51,59)/t37-,38?,39-,40-,47?/m0/s1. The molecule has 63 heavy (non-hydrogen) atoms. The molecule has 2 saturated heterocycles. The molecule has 2 aliphatic rings. The second-order valence-electron chi connectivity index (χ2n) is 17.9. The van der Waals surface area contributed by atoms with Gasteiger partial charge in [-0.2, -0.15) is 0 Å². The van der Waals surface area contributed by atoms with Crippen molar-refractivity contribution in [2.45, 2.75) is 110 Å². The number of Topliss-reactive ketones (excluding diaryl/α,β-unsaturated/α-hetero) is 1. The fraction of sp³-hybridized carbons (Fsp3) is 0.553. The molecule has 0 saturated carbocycles. The van der Waals surface area contributed by atoms with Crippen molar-refractivity contribution in [3.8, 4) is 0 Å². The molecule has 342 valence electrons. The van der Waals surface area contributed by atoms with E-state index in [0.717, 1.165) is 37.3 Å². The lowest BCUT2D eigenvalue weighted by atomic mass is 9.93. The Morgan fingerprint density at radius 1 is 0.746 bits per heavy atom. The molecule has 1 aromatic heterocycles. The summed E-state index contributed by atoms with van der Waals surface area (Å²) in [4.78, 5) is 86.1. The van der Waals surface area contributed by atoms with Gasteiger partial charge in [-0.25, -0.2) is 0 Å². The van der Waals surface area contributed by atoms with E-state index in [9.17, 15) is 28.8 Å². The van der Waals surface area contributed by atoms with Gasteiger partial charge in [-0.3, -0.25) is 33.7 Å². The van der Waals surface area contributed by atoms with Crippen LogP contribution in [-0.4, -0.2) is 126 Å². The number of aryl methyl sites for hydroxylation is 1. The van der Waals surface area contributed by atoms with Gasteiger partial charge in [0.1, 0.15) is 23.7 Å². The van der Waals surface area contributed by atoms with Gasteiger partial charge < -0.3 is 40.2 Å². The Morgan fingerprint density at radius 3 is 1.92 bits per heavy atom. The Kier molecular flexibility index (Phi) is 18.0. The van der Waals surface area contributed by atoms with Gasteiger partial charge in [0.2, 0.25) is 23.6 Å². The van der Waals surface area contributed by atoms with Crippen LogP contribution in [-0.2, 0) is 64.1 Å². The van der Waals surface area contributed by atoms with Crippen molar-refractivity contribution in [1.29, 1.82) is 0 Å². The van der Waals surface area contributed by atoms with Crippen LogP contribution in [0.25, 0.3) is 0 Å². The van der Waals surface area contributed by atoms with Crippen LogP contribution in [0.5, 0.6) is 0 Å². The SMILES string of the molecule is CC(C)CC(NC(=O)[C@H](Cc1ccccc1)NC(=O)[C@H](CC(C)C)NC(=O)[C@H](CCc1ccccc1)NC(=O)Cc1cc(COC(=O)CN2CCN(C)CC2)on1)C(=O)C1(C)CO1. The van der Waals surface area contributed by atoms with E-state index in [-0.39, 0.29) is 80.5 Å². The van der Waals surface area contributed by atoms with E-state index in [4.69, 9.17) is 14.0 Å². The molecule has 3 aromatic rings. The van der Waals surface area contributed by atoms with Gasteiger partial charge in [-0.05, 0) is 62.6 Å². The van der Waals surface area contributed by atoms with Gasteiger partial charge in [0.15, 0.2) is 18.2 Å². The summed E-state index contributed by atoms with van der Waals surface area (Å²) in [5.41, 5.74) is 1.08.